The number of unbranched alkanes of at least 4 members (excludes halogenated alkanes) is 14. The van der Waals surface area contributed by atoms with Crippen LogP contribution in [0.15, 0.2) is 29.6 Å². The quantitative estimate of drug-likeness (QED) is 0.134. The third-order valence-electron chi connectivity index (χ3n) is 9.23. The maximum atomic E-state index is 13.6. The Balaban J connectivity index is 1.29. The van der Waals surface area contributed by atoms with Crippen LogP contribution in [0.5, 0.6) is 0 Å². The number of aryl methyl sites for hydroxylation is 3. The standard InChI is InChI=1S/C38H56N2O2S2/c1-5-8-10-12-14-16-18-20-23-28-25-31(43-27(28)4)33-37(41)35-36(39-33)38(42)34(40-35)32-26-29(30(44-32)22-7-3)24-21-19-17-15-13-11-9-6-2/h7,22,25-26,33-34,39-40H,5-6,8-21,23-24H2,1-4H3/b22-7+. The number of thiophene rings is 2. The maximum absolute atomic E-state index is 13.6. The van der Waals surface area contributed by atoms with E-state index in [4.69, 9.17) is 0 Å². The molecule has 4 rings (SSSR count). The fourth-order valence-corrected chi connectivity index (χ4v) is 8.94. The second-order valence-corrected chi connectivity index (χ2v) is 15.3. The lowest BCUT2D eigenvalue weighted by Gasteiger charge is -2.16. The number of nitrogens with one attached hydrogen (secondary N) is 2. The molecule has 0 amide bonds. The van der Waals surface area contributed by atoms with E-state index in [0.29, 0.717) is 11.4 Å². The van der Waals surface area contributed by atoms with Crippen molar-refractivity contribution >= 4 is 40.3 Å². The summed E-state index contributed by atoms with van der Waals surface area (Å²) in [5.74, 6) is -0.00433. The Hall–Kier alpha value is -2.18. The van der Waals surface area contributed by atoms with Gasteiger partial charge in [0.1, 0.15) is 23.5 Å². The summed E-state index contributed by atoms with van der Waals surface area (Å²) in [6, 6.07) is 3.50. The monoisotopic (exact) mass is 636 g/mol. The number of ketones is 2. The van der Waals surface area contributed by atoms with E-state index < -0.39 is 12.1 Å². The molecule has 4 heterocycles. The predicted octanol–water partition coefficient (Wildman–Crippen LogP) is 10.9. The average molecular weight is 637 g/mol. The number of Topliss-reactive ketones (excluding diaryl/α,β-unsaturated/α-hetero) is 2. The molecule has 2 aliphatic rings. The minimum absolute atomic E-state index is 0.000114. The van der Waals surface area contributed by atoms with E-state index in [-0.39, 0.29) is 11.6 Å². The van der Waals surface area contributed by atoms with Crippen LogP contribution in [0.2, 0.25) is 0 Å². The largest absolute Gasteiger partial charge is 0.366 e. The molecule has 2 unspecified atom stereocenters. The van der Waals surface area contributed by atoms with Crippen LogP contribution >= 0.6 is 22.7 Å². The normalized spacial score (nSPS) is 18.1. The van der Waals surface area contributed by atoms with Gasteiger partial charge < -0.3 is 10.6 Å². The topological polar surface area (TPSA) is 58.2 Å². The molecule has 0 spiro atoms. The zero-order valence-electron chi connectivity index (χ0n) is 27.8. The first kappa shape index (κ1) is 34.7. The number of rotatable bonds is 21. The molecule has 0 radical (unpaired) electrons. The van der Waals surface area contributed by atoms with Crippen LogP contribution in [-0.2, 0) is 22.4 Å². The number of allylic oxidation sites excluding steroid dienone is 1. The first-order valence-corrected chi connectivity index (χ1v) is 19.3. The van der Waals surface area contributed by atoms with Crippen molar-refractivity contribution in [3.05, 3.63) is 60.2 Å². The number of carbonyl (C=O) groups excluding carboxylic acids is 2. The van der Waals surface area contributed by atoms with Crippen LogP contribution in [-0.4, -0.2) is 11.6 Å². The van der Waals surface area contributed by atoms with Crippen molar-refractivity contribution in [3.63, 3.8) is 0 Å². The average Bonchev–Trinajstić information content (AvgIpc) is 3.76. The van der Waals surface area contributed by atoms with Gasteiger partial charge in [-0.15, -0.1) is 22.7 Å². The van der Waals surface area contributed by atoms with Crippen LogP contribution in [0.1, 0.15) is 166 Å². The zero-order chi connectivity index (χ0) is 31.3. The molecule has 2 aromatic heterocycles. The molecule has 0 aliphatic carbocycles. The highest BCUT2D eigenvalue weighted by molar-refractivity contribution is 7.13. The van der Waals surface area contributed by atoms with Gasteiger partial charge in [0, 0.05) is 19.5 Å². The number of carbonyl (C=O) groups is 2. The highest BCUT2D eigenvalue weighted by Gasteiger charge is 2.46. The predicted molar refractivity (Wildman–Crippen MR) is 190 cm³/mol. The Kier molecular flexibility index (Phi) is 14.3. The smallest absolute Gasteiger partial charge is 0.208 e. The Morgan fingerprint density at radius 1 is 0.636 bits per heavy atom. The van der Waals surface area contributed by atoms with Gasteiger partial charge >= 0.3 is 0 Å². The van der Waals surface area contributed by atoms with E-state index in [1.165, 1.54) is 124 Å². The molecule has 0 fully saturated rings. The molecule has 0 saturated carbocycles. The summed E-state index contributed by atoms with van der Waals surface area (Å²) in [4.78, 5) is 31.7. The molecule has 44 heavy (non-hydrogen) atoms. The van der Waals surface area contributed by atoms with Gasteiger partial charge in [-0.1, -0.05) is 110 Å². The molecule has 2 N–H and O–H groups in total. The van der Waals surface area contributed by atoms with Crippen molar-refractivity contribution < 1.29 is 9.59 Å². The van der Waals surface area contributed by atoms with E-state index in [1.54, 1.807) is 22.7 Å². The molecular formula is C38H56N2O2S2. The zero-order valence-corrected chi connectivity index (χ0v) is 29.5. The van der Waals surface area contributed by atoms with Gasteiger partial charge in [-0.25, -0.2) is 0 Å². The van der Waals surface area contributed by atoms with Gasteiger partial charge in [-0.05, 0) is 68.9 Å². The summed E-state index contributed by atoms with van der Waals surface area (Å²) in [6.45, 7) is 8.74. The van der Waals surface area contributed by atoms with E-state index in [9.17, 15) is 9.59 Å². The molecule has 2 aliphatic heterocycles. The van der Waals surface area contributed by atoms with Crippen molar-refractivity contribution in [2.75, 3.05) is 0 Å². The lowest BCUT2D eigenvalue weighted by Crippen LogP contribution is -2.30. The Bertz CT molecular complexity index is 1280. The molecule has 242 valence electrons. The van der Waals surface area contributed by atoms with Crippen LogP contribution < -0.4 is 10.6 Å². The molecular weight excluding hydrogens is 581 g/mol. The van der Waals surface area contributed by atoms with Gasteiger partial charge in [0.15, 0.2) is 0 Å². The summed E-state index contributed by atoms with van der Waals surface area (Å²) in [6.07, 6.45) is 27.3. The molecule has 0 aromatic carbocycles. The minimum atomic E-state index is -0.471. The first-order valence-electron chi connectivity index (χ1n) is 17.7. The Morgan fingerprint density at radius 2 is 1.07 bits per heavy atom. The third-order valence-corrected chi connectivity index (χ3v) is 11.6. The van der Waals surface area contributed by atoms with Gasteiger partial charge in [-0.3, -0.25) is 9.59 Å². The lowest BCUT2D eigenvalue weighted by atomic mass is 10.0. The van der Waals surface area contributed by atoms with Crippen molar-refractivity contribution in [3.8, 4) is 0 Å². The Labute approximate surface area is 275 Å². The van der Waals surface area contributed by atoms with Gasteiger partial charge in [-0.2, -0.15) is 0 Å². The minimum Gasteiger partial charge on any atom is -0.366 e. The van der Waals surface area contributed by atoms with Crippen LogP contribution in [0.4, 0.5) is 0 Å². The highest BCUT2D eigenvalue weighted by atomic mass is 32.1. The van der Waals surface area contributed by atoms with Gasteiger partial charge in [0.05, 0.1) is 0 Å². The van der Waals surface area contributed by atoms with Crippen LogP contribution in [0.25, 0.3) is 6.08 Å². The van der Waals surface area contributed by atoms with Gasteiger partial charge in [0.2, 0.25) is 11.6 Å². The molecule has 0 saturated heterocycles. The van der Waals surface area contributed by atoms with Crippen molar-refractivity contribution in [2.45, 2.75) is 155 Å². The maximum Gasteiger partial charge on any atom is 0.208 e. The van der Waals surface area contributed by atoms with E-state index in [1.807, 2.05) is 6.92 Å². The van der Waals surface area contributed by atoms with Gasteiger partial charge in [0.25, 0.3) is 0 Å². The first-order chi connectivity index (χ1) is 21.5. The molecule has 2 atom stereocenters. The number of hydrogen-bond acceptors (Lipinski definition) is 6. The molecule has 2 aromatic rings. The van der Waals surface area contributed by atoms with Crippen LogP contribution in [0, 0.1) is 6.92 Å². The fraction of sp³-hybridized carbons (Fsp3) is 0.632. The third kappa shape index (κ3) is 9.19. The molecule has 0 bridgehead atoms. The summed E-state index contributed by atoms with van der Waals surface area (Å²) in [5.41, 5.74) is 3.64. The summed E-state index contributed by atoms with van der Waals surface area (Å²) >= 11 is 3.39. The SMILES string of the molecule is C/C=C/c1sc(C2NC3=C(NC(c4cc(CCCCCCCCCC)c(C)s4)C3=O)C2=O)cc1CCCCCCCCCC. The molecule has 6 heteroatoms. The van der Waals surface area contributed by atoms with Crippen molar-refractivity contribution in [2.24, 2.45) is 0 Å². The second kappa shape index (κ2) is 18.1. The summed E-state index contributed by atoms with van der Waals surface area (Å²) < 4.78 is 0. The molecule has 4 nitrogen and oxygen atoms in total. The number of hydrogen-bond donors (Lipinski definition) is 2. The van der Waals surface area contributed by atoms with E-state index in [0.717, 1.165) is 22.6 Å². The van der Waals surface area contributed by atoms with Crippen molar-refractivity contribution in [1.82, 2.24) is 10.6 Å². The van der Waals surface area contributed by atoms with Crippen molar-refractivity contribution in [1.29, 1.82) is 0 Å². The second-order valence-electron chi connectivity index (χ2n) is 12.9. The van der Waals surface area contributed by atoms with E-state index in [2.05, 4.69) is 55.7 Å². The summed E-state index contributed by atoms with van der Waals surface area (Å²) in [5, 5.41) is 6.69. The highest BCUT2D eigenvalue weighted by Crippen LogP contribution is 2.40. The Morgan fingerprint density at radius 3 is 1.57 bits per heavy atom. The van der Waals surface area contributed by atoms with Crippen LogP contribution in [0.3, 0.4) is 0 Å². The lowest BCUT2D eigenvalue weighted by molar-refractivity contribution is -0.117. The summed E-state index contributed by atoms with van der Waals surface area (Å²) in [7, 11) is 0. The van der Waals surface area contributed by atoms with E-state index >= 15 is 0 Å². The fourth-order valence-electron chi connectivity index (χ4n) is 6.57.